The van der Waals surface area contributed by atoms with Gasteiger partial charge in [-0.25, -0.2) is 0 Å². The molecule has 5 heteroatoms. The molecule has 0 aliphatic heterocycles. The Bertz CT molecular complexity index is 614. The number of nitrogens with one attached hydrogen (secondary N) is 2. The third-order valence-electron chi connectivity index (χ3n) is 2.85. The molecule has 0 saturated heterocycles. The summed E-state index contributed by atoms with van der Waals surface area (Å²) in [6.07, 6.45) is 0. The third-order valence-corrected chi connectivity index (χ3v) is 2.85. The summed E-state index contributed by atoms with van der Waals surface area (Å²) in [4.78, 5) is 23.2. The summed E-state index contributed by atoms with van der Waals surface area (Å²) < 4.78 is 5.18. The molecule has 0 saturated carbocycles. The molecule has 20 heavy (non-hydrogen) atoms. The first-order chi connectivity index (χ1) is 9.60. The van der Waals surface area contributed by atoms with Crippen molar-refractivity contribution in [1.82, 2.24) is 10.6 Å². The molecule has 2 rings (SSSR count). The molecule has 0 bridgehead atoms. The van der Waals surface area contributed by atoms with Crippen molar-refractivity contribution in [3.05, 3.63) is 59.0 Å². The van der Waals surface area contributed by atoms with Gasteiger partial charge < -0.3 is 15.1 Å². The molecular weight excluding hydrogens is 256 g/mol. The number of hydrogen-bond donors (Lipinski definition) is 2. The molecule has 0 atom stereocenters. The van der Waals surface area contributed by atoms with Crippen LogP contribution in [0.4, 0.5) is 0 Å². The van der Waals surface area contributed by atoms with Crippen molar-refractivity contribution in [3.63, 3.8) is 0 Å². The van der Waals surface area contributed by atoms with E-state index in [1.54, 1.807) is 0 Å². The molecular formula is C15H16N2O3. The van der Waals surface area contributed by atoms with E-state index in [4.69, 9.17) is 4.42 Å². The van der Waals surface area contributed by atoms with Gasteiger partial charge in [-0.1, -0.05) is 29.8 Å². The van der Waals surface area contributed by atoms with Gasteiger partial charge in [-0.15, -0.1) is 0 Å². The molecule has 0 fully saturated rings. The monoisotopic (exact) mass is 272 g/mol. The van der Waals surface area contributed by atoms with Crippen LogP contribution >= 0.6 is 0 Å². The molecule has 2 N–H and O–H groups in total. The number of amides is 2. The van der Waals surface area contributed by atoms with Crippen molar-refractivity contribution < 1.29 is 14.0 Å². The average Bonchev–Trinajstić information content (AvgIpc) is 2.95. The molecule has 0 radical (unpaired) electrons. The number of furan rings is 1. The molecule has 1 heterocycles. The van der Waals surface area contributed by atoms with Crippen molar-refractivity contribution in [2.24, 2.45) is 0 Å². The van der Waals surface area contributed by atoms with Gasteiger partial charge in [0.2, 0.25) is 0 Å². The van der Waals surface area contributed by atoms with E-state index in [1.165, 1.54) is 24.7 Å². The zero-order valence-corrected chi connectivity index (χ0v) is 11.4. The maximum atomic E-state index is 11.9. The van der Waals surface area contributed by atoms with E-state index in [1.807, 2.05) is 31.2 Å². The van der Waals surface area contributed by atoms with Crippen LogP contribution in [0.5, 0.6) is 0 Å². The summed E-state index contributed by atoms with van der Waals surface area (Å²) in [6.45, 7) is 2.42. The summed E-state index contributed by atoms with van der Waals surface area (Å²) in [6, 6.07) is 10.8. The first-order valence-electron chi connectivity index (χ1n) is 6.26. The minimum atomic E-state index is -0.359. The average molecular weight is 272 g/mol. The minimum absolute atomic E-state index is 0.119. The lowest BCUT2D eigenvalue weighted by atomic mass is 10.1. The second-order valence-corrected chi connectivity index (χ2v) is 4.41. The van der Waals surface area contributed by atoms with Crippen molar-refractivity contribution in [2.75, 3.05) is 7.05 Å². The second kappa shape index (κ2) is 6.06. The van der Waals surface area contributed by atoms with Crippen molar-refractivity contribution in [3.8, 4) is 0 Å². The van der Waals surface area contributed by atoms with Gasteiger partial charge in [-0.05, 0) is 24.6 Å². The van der Waals surface area contributed by atoms with Crippen LogP contribution < -0.4 is 10.6 Å². The Morgan fingerprint density at radius 3 is 2.20 bits per heavy atom. The van der Waals surface area contributed by atoms with Gasteiger partial charge in [-0.3, -0.25) is 9.59 Å². The second-order valence-electron chi connectivity index (χ2n) is 4.41. The number of carbonyl (C=O) groups excluding carboxylic acids is 2. The van der Waals surface area contributed by atoms with Crippen LogP contribution in [-0.4, -0.2) is 18.9 Å². The van der Waals surface area contributed by atoms with Gasteiger partial charge in [0, 0.05) is 13.6 Å². The zero-order chi connectivity index (χ0) is 14.5. The Morgan fingerprint density at radius 1 is 1.00 bits per heavy atom. The van der Waals surface area contributed by atoms with E-state index >= 15 is 0 Å². The highest BCUT2D eigenvalue weighted by Gasteiger charge is 2.14. The fourth-order valence-corrected chi connectivity index (χ4v) is 1.68. The maximum absolute atomic E-state index is 11.9. The summed E-state index contributed by atoms with van der Waals surface area (Å²) in [5, 5.41) is 5.17. The van der Waals surface area contributed by atoms with Crippen LogP contribution in [0.1, 0.15) is 32.2 Å². The predicted octanol–water partition coefficient (Wildman–Crippen LogP) is 1.88. The highest BCUT2D eigenvalue weighted by Crippen LogP contribution is 2.08. The Hall–Kier alpha value is -2.56. The topological polar surface area (TPSA) is 71.3 Å². The quantitative estimate of drug-likeness (QED) is 0.892. The summed E-state index contributed by atoms with van der Waals surface area (Å²) in [5.41, 5.74) is 2.17. The van der Waals surface area contributed by atoms with Crippen molar-refractivity contribution in [2.45, 2.75) is 13.5 Å². The Labute approximate surface area is 117 Å². The number of benzene rings is 1. The molecule has 2 amide bonds. The minimum Gasteiger partial charge on any atom is -0.446 e. The lowest BCUT2D eigenvalue weighted by molar-refractivity contribution is 0.0903. The molecule has 104 valence electrons. The number of rotatable bonds is 4. The Morgan fingerprint density at radius 2 is 1.60 bits per heavy atom. The van der Waals surface area contributed by atoms with Crippen LogP contribution in [-0.2, 0) is 6.54 Å². The van der Waals surface area contributed by atoms with Crippen molar-refractivity contribution in [1.29, 1.82) is 0 Å². The predicted molar refractivity (Wildman–Crippen MR) is 74.4 cm³/mol. The first kappa shape index (κ1) is 13.9. The molecule has 0 spiro atoms. The van der Waals surface area contributed by atoms with E-state index in [9.17, 15) is 9.59 Å². The Kier molecular flexibility index (Phi) is 4.20. The number of hydrogen-bond acceptors (Lipinski definition) is 3. The largest absolute Gasteiger partial charge is 0.446 e. The summed E-state index contributed by atoms with van der Waals surface area (Å²) in [7, 11) is 1.50. The van der Waals surface area contributed by atoms with Gasteiger partial charge >= 0.3 is 0 Å². The highest BCUT2D eigenvalue weighted by molar-refractivity contribution is 5.95. The molecule has 5 nitrogen and oxygen atoms in total. The van der Waals surface area contributed by atoms with E-state index in [-0.39, 0.29) is 23.3 Å². The molecule has 0 aliphatic rings. The summed E-state index contributed by atoms with van der Waals surface area (Å²) in [5.74, 6) is -0.466. The fraction of sp³-hybridized carbons (Fsp3) is 0.200. The molecule has 2 aromatic rings. The van der Waals surface area contributed by atoms with E-state index in [2.05, 4.69) is 10.6 Å². The standard InChI is InChI=1S/C15H16N2O3/c1-10-3-5-11(6-4-10)9-17-15(19)13-8-7-12(20-13)14(18)16-2/h3-8H,9H2,1-2H3,(H,16,18)(H,17,19). The van der Waals surface area contributed by atoms with Gasteiger partial charge in [0.05, 0.1) is 0 Å². The summed E-state index contributed by atoms with van der Waals surface area (Å²) >= 11 is 0. The van der Waals surface area contributed by atoms with E-state index in [0.29, 0.717) is 6.54 Å². The van der Waals surface area contributed by atoms with Crippen LogP contribution in [0.25, 0.3) is 0 Å². The first-order valence-corrected chi connectivity index (χ1v) is 6.26. The smallest absolute Gasteiger partial charge is 0.287 e. The lowest BCUT2D eigenvalue weighted by Gasteiger charge is -2.03. The van der Waals surface area contributed by atoms with Crippen LogP contribution in [0.3, 0.4) is 0 Å². The molecule has 1 aromatic heterocycles. The molecule has 0 unspecified atom stereocenters. The van der Waals surface area contributed by atoms with Crippen LogP contribution in [0.15, 0.2) is 40.8 Å². The normalized spacial score (nSPS) is 10.1. The SMILES string of the molecule is CNC(=O)c1ccc(C(=O)NCc2ccc(C)cc2)o1. The van der Waals surface area contributed by atoms with Gasteiger partial charge in [0.15, 0.2) is 11.5 Å². The molecule has 1 aromatic carbocycles. The highest BCUT2D eigenvalue weighted by atomic mass is 16.4. The zero-order valence-electron chi connectivity index (χ0n) is 11.4. The van der Waals surface area contributed by atoms with E-state index in [0.717, 1.165) is 5.56 Å². The van der Waals surface area contributed by atoms with Gasteiger partial charge in [0.1, 0.15) is 0 Å². The van der Waals surface area contributed by atoms with Crippen molar-refractivity contribution >= 4 is 11.8 Å². The van der Waals surface area contributed by atoms with Gasteiger partial charge in [-0.2, -0.15) is 0 Å². The fourth-order valence-electron chi connectivity index (χ4n) is 1.68. The maximum Gasteiger partial charge on any atom is 0.287 e. The van der Waals surface area contributed by atoms with Crippen LogP contribution in [0, 0.1) is 6.92 Å². The van der Waals surface area contributed by atoms with Gasteiger partial charge in [0.25, 0.3) is 11.8 Å². The number of aryl methyl sites for hydroxylation is 1. The van der Waals surface area contributed by atoms with E-state index < -0.39 is 0 Å². The number of carbonyl (C=O) groups is 2. The third kappa shape index (κ3) is 3.26. The lowest BCUT2D eigenvalue weighted by Crippen LogP contribution is -2.22. The molecule has 0 aliphatic carbocycles. The Balaban J connectivity index is 1.96. The van der Waals surface area contributed by atoms with Crippen LogP contribution in [0.2, 0.25) is 0 Å².